The zero-order valence-electron chi connectivity index (χ0n) is 10.9. The number of carbonyl (C=O) groups excluding carboxylic acids is 1. The van der Waals surface area contributed by atoms with Gasteiger partial charge in [0.2, 0.25) is 0 Å². The average molecular weight is 267 g/mol. The fraction of sp³-hybridized carbons (Fsp3) is 0.417. The number of hydrogen-bond donors (Lipinski definition) is 3. The molecule has 2 amide bonds. The Morgan fingerprint density at radius 1 is 1.53 bits per heavy atom. The topological polar surface area (TPSA) is 104 Å². The Hall–Kier alpha value is -2.31. The number of urea groups is 1. The Morgan fingerprint density at radius 2 is 2.21 bits per heavy atom. The van der Waals surface area contributed by atoms with Gasteiger partial charge in [-0.3, -0.25) is 0 Å². The molecule has 1 atom stereocenters. The summed E-state index contributed by atoms with van der Waals surface area (Å²) in [5, 5.41) is 17.5. The van der Waals surface area contributed by atoms with E-state index < -0.39 is 18.0 Å². The van der Waals surface area contributed by atoms with E-state index in [9.17, 15) is 9.59 Å². The van der Waals surface area contributed by atoms with E-state index in [0.717, 1.165) is 5.56 Å². The maximum atomic E-state index is 11.6. The molecular weight excluding hydrogens is 250 g/mol. The lowest BCUT2D eigenvalue weighted by Gasteiger charge is -2.13. The number of carboxylic acids is 1. The second-order valence-electron chi connectivity index (χ2n) is 4.04. The third-order valence-electron chi connectivity index (χ3n) is 2.61. The van der Waals surface area contributed by atoms with Crippen molar-refractivity contribution in [3.05, 3.63) is 29.7 Å². The van der Waals surface area contributed by atoms with Crippen LogP contribution in [0.25, 0.3) is 0 Å². The van der Waals surface area contributed by atoms with Gasteiger partial charge in [-0.2, -0.15) is 0 Å². The first-order valence-electron chi connectivity index (χ1n) is 5.75. The molecule has 0 aliphatic rings. The van der Waals surface area contributed by atoms with Gasteiger partial charge >= 0.3 is 12.0 Å². The maximum Gasteiger partial charge on any atom is 0.326 e. The highest BCUT2D eigenvalue weighted by Crippen LogP contribution is 2.11. The lowest BCUT2D eigenvalue weighted by atomic mass is 10.2. The number of nitrogens with zero attached hydrogens (tertiary/aromatic N) is 1. The quantitative estimate of drug-likeness (QED) is 0.670. The van der Waals surface area contributed by atoms with Crippen molar-refractivity contribution in [3.8, 4) is 0 Å². The van der Waals surface area contributed by atoms with Gasteiger partial charge in [-0.05, 0) is 20.3 Å². The van der Waals surface area contributed by atoms with E-state index in [-0.39, 0.29) is 13.0 Å². The van der Waals surface area contributed by atoms with Gasteiger partial charge in [-0.15, -0.1) is 6.58 Å². The van der Waals surface area contributed by atoms with Crippen LogP contribution in [0.15, 0.2) is 17.2 Å². The smallest absolute Gasteiger partial charge is 0.326 e. The zero-order chi connectivity index (χ0) is 14.4. The summed E-state index contributed by atoms with van der Waals surface area (Å²) in [5.41, 5.74) is 1.48. The predicted molar refractivity (Wildman–Crippen MR) is 67.6 cm³/mol. The summed E-state index contributed by atoms with van der Waals surface area (Å²) in [5.74, 6) is -0.480. The molecule has 0 aromatic carbocycles. The van der Waals surface area contributed by atoms with Gasteiger partial charge in [0.25, 0.3) is 0 Å². The van der Waals surface area contributed by atoms with Crippen molar-refractivity contribution in [2.75, 3.05) is 0 Å². The van der Waals surface area contributed by atoms with Crippen LogP contribution in [0.3, 0.4) is 0 Å². The molecule has 0 bridgehead atoms. The van der Waals surface area contributed by atoms with E-state index in [1.54, 1.807) is 13.8 Å². The molecule has 0 aliphatic heterocycles. The molecule has 0 fully saturated rings. The molecule has 1 rings (SSSR count). The van der Waals surface area contributed by atoms with Gasteiger partial charge in [0.05, 0.1) is 5.69 Å². The van der Waals surface area contributed by atoms with Gasteiger partial charge in [-0.25, -0.2) is 9.59 Å². The first-order chi connectivity index (χ1) is 8.95. The van der Waals surface area contributed by atoms with Gasteiger partial charge in [-0.1, -0.05) is 11.2 Å². The largest absolute Gasteiger partial charge is 0.480 e. The molecule has 104 valence electrons. The van der Waals surface area contributed by atoms with Crippen molar-refractivity contribution in [1.82, 2.24) is 15.8 Å². The van der Waals surface area contributed by atoms with E-state index in [2.05, 4.69) is 22.4 Å². The number of carbonyl (C=O) groups is 2. The Labute approximate surface area is 110 Å². The number of hydrogen-bond acceptors (Lipinski definition) is 4. The van der Waals surface area contributed by atoms with Gasteiger partial charge < -0.3 is 20.3 Å². The van der Waals surface area contributed by atoms with Crippen molar-refractivity contribution in [1.29, 1.82) is 0 Å². The van der Waals surface area contributed by atoms with Crippen molar-refractivity contribution in [2.45, 2.75) is 32.9 Å². The third kappa shape index (κ3) is 4.13. The Balaban J connectivity index is 2.51. The SMILES string of the molecule is C=CCC(NC(=O)NCc1c(C)noc1C)C(=O)O. The highest BCUT2D eigenvalue weighted by atomic mass is 16.5. The predicted octanol–water partition coefficient (Wildman–Crippen LogP) is 1.12. The fourth-order valence-electron chi connectivity index (χ4n) is 1.52. The highest BCUT2D eigenvalue weighted by molar-refractivity contribution is 5.82. The van der Waals surface area contributed by atoms with Crippen molar-refractivity contribution >= 4 is 12.0 Å². The van der Waals surface area contributed by atoms with Crippen LogP contribution >= 0.6 is 0 Å². The molecule has 0 spiro atoms. The van der Waals surface area contributed by atoms with E-state index in [0.29, 0.717) is 11.5 Å². The maximum absolute atomic E-state index is 11.6. The van der Waals surface area contributed by atoms with Crippen LogP contribution in [0, 0.1) is 13.8 Å². The molecule has 0 radical (unpaired) electrons. The van der Waals surface area contributed by atoms with Gasteiger partial charge in [0.1, 0.15) is 11.8 Å². The van der Waals surface area contributed by atoms with Gasteiger partial charge in [0, 0.05) is 12.1 Å². The van der Waals surface area contributed by atoms with Crippen molar-refractivity contribution in [2.24, 2.45) is 0 Å². The summed E-state index contributed by atoms with van der Waals surface area (Å²) in [6.45, 7) is 7.18. The van der Waals surface area contributed by atoms with Crippen LogP contribution < -0.4 is 10.6 Å². The average Bonchev–Trinajstić information content (AvgIpc) is 2.66. The van der Waals surface area contributed by atoms with E-state index in [4.69, 9.17) is 9.63 Å². The zero-order valence-corrected chi connectivity index (χ0v) is 10.9. The summed E-state index contributed by atoms with van der Waals surface area (Å²) < 4.78 is 4.96. The summed E-state index contributed by atoms with van der Waals surface area (Å²) >= 11 is 0. The molecule has 1 aromatic heterocycles. The Bertz CT molecular complexity index is 462. The second-order valence-corrected chi connectivity index (χ2v) is 4.04. The van der Waals surface area contributed by atoms with Crippen molar-refractivity contribution in [3.63, 3.8) is 0 Å². The number of aliphatic carboxylic acids is 1. The second kappa shape index (κ2) is 6.58. The highest BCUT2D eigenvalue weighted by Gasteiger charge is 2.18. The third-order valence-corrected chi connectivity index (χ3v) is 2.61. The fourth-order valence-corrected chi connectivity index (χ4v) is 1.52. The summed E-state index contributed by atoms with van der Waals surface area (Å²) in [7, 11) is 0. The van der Waals surface area contributed by atoms with Crippen LogP contribution in [0.4, 0.5) is 4.79 Å². The van der Waals surface area contributed by atoms with Crippen LogP contribution in [0.5, 0.6) is 0 Å². The molecule has 1 heterocycles. The molecule has 3 N–H and O–H groups in total. The molecule has 1 aromatic rings. The van der Waals surface area contributed by atoms with E-state index in [1.165, 1.54) is 6.08 Å². The number of aromatic nitrogens is 1. The lowest BCUT2D eigenvalue weighted by molar-refractivity contribution is -0.139. The Morgan fingerprint density at radius 3 is 2.68 bits per heavy atom. The monoisotopic (exact) mass is 267 g/mol. The van der Waals surface area contributed by atoms with E-state index >= 15 is 0 Å². The summed E-state index contributed by atoms with van der Waals surface area (Å²) in [6.07, 6.45) is 1.60. The first kappa shape index (κ1) is 14.7. The number of carboxylic acid groups (broad SMARTS) is 1. The molecule has 19 heavy (non-hydrogen) atoms. The van der Waals surface area contributed by atoms with Crippen LogP contribution in [0.1, 0.15) is 23.4 Å². The molecular formula is C12H17N3O4. The molecule has 0 saturated heterocycles. The molecule has 1 unspecified atom stereocenters. The minimum atomic E-state index is -1.10. The van der Waals surface area contributed by atoms with Crippen LogP contribution in [-0.2, 0) is 11.3 Å². The van der Waals surface area contributed by atoms with Crippen LogP contribution in [0.2, 0.25) is 0 Å². The number of nitrogens with one attached hydrogen (secondary N) is 2. The summed E-state index contributed by atoms with van der Waals surface area (Å²) in [6, 6.07) is -1.54. The number of rotatable bonds is 6. The standard InChI is InChI=1S/C12H17N3O4/c1-4-5-10(11(16)17)14-12(18)13-6-9-7(2)15-19-8(9)3/h4,10H,1,5-6H2,2-3H3,(H,16,17)(H2,13,14,18). The normalized spacial score (nSPS) is 11.7. The minimum Gasteiger partial charge on any atom is -0.480 e. The Kier molecular flexibility index (Phi) is 5.11. The van der Waals surface area contributed by atoms with Crippen LogP contribution in [-0.4, -0.2) is 28.3 Å². The van der Waals surface area contributed by atoms with Gasteiger partial charge in [0.15, 0.2) is 0 Å². The van der Waals surface area contributed by atoms with E-state index in [1.807, 2.05) is 0 Å². The van der Waals surface area contributed by atoms with Crippen molar-refractivity contribution < 1.29 is 19.2 Å². The molecule has 0 saturated carbocycles. The molecule has 7 nitrogen and oxygen atoms in total. The lowest BCUT2D eigenvalue weighted by Crippen LogP contribution is -2.45. The first-order valence-corrected chi connectivity index (χ1v) is 5.75. The molecule has 0 aliphatic carbocycles. The summed E-state index contributed by atoms with van der Waals surface area (Å²) in [4.78, 5) is 22.4. The minimum absolute atomic E-state index is 0.161. The number of aryl methyl sites for hydroxylation is 2. The molecule has 7 heteroatoms. The number of amides is 2.